The summed E-state index contributed by atoms with van der Waals surface area (Å²) in [7, 11) is 0. The molecular formula is C27H37FO4. The van der Waals surface area contributed by atoms with E-state index in [9.17, 15) is 4.39 Å². The highest BCUT2D eigenvalue weighted by Gasteiger charge is 2.34. The first-order valence-electron chi connectivity index (χ1n) is 11.1. The summed E-state index contributed by atoms with van der Waals surface area (Å²) < 4.78 is 36.6. The van der Waals surface area contributed by atoms with Gasteiger partial charge in [-0.15, -0.1) is 0 Å². The van der Waals surface area contributed by atoms with Crippen LogP contribution in [-0.4, -0.2) is 19.8 Å². The van der Waals surface area contributed by atoms with Gasteiger partial charge in [-0.05, 0) is 47.6 Å². The van der Waals surface area contributed by atoms with Gasteiger partial charge in [-0.25, -0.2) is 4.39 Å². The summed E-state index contributed by atoms with van der Waals surface area (Å²) in [5, 5.41) is 0. The van der Waals surface area contributed by atoms with E-state index in [-0.39, 0.29) is 29.9 Å². The third-order valence-electron chi connectivity index (χ3n) is 6.08. The van der Waals surface area contributed by atoms with Gasteiger partial charge in [0.05, 0.1) is 12.9 Å². The molecule has 0 spiro atoms. The molecule has 0 heterocycles. The largest absolute Gasteiger partial charge is 0.497 e. The first kappa shape index (κ1) is 25.7. The number of hydrogen-bond donors (Lipinski definition) is 0. The minimum Gasteiger partial charge on any atom is -0.497 e. The Bertz CT molecular complexity index is 866. The molecule has 0 N–H and O–H groups in total. The van der Waals surface area contributed by atoms with Crippen LogP contribution in [0.15, 0.2) is 49.2 Å². The molecule has 0 unspecified atom stereocenters. The van der Waals surface area contributed by atoms with E-state index in [1.807, 2.05) is 19.1 Å². The van der Waals surface area contributed by atoms with Crippen molar-refractivity contribution >= 4 is 0 Å². The van der Waals surface area contributed by atoms with Gasteiger partial charge in [0.15, 0.2) is 0 Å². The Labute approximate surface area is 192 Å². The van der Waals surface area contributed by atoms with Crippen molar-refractivity contribution in [2.24, 2.45) is 5.41 Å². The van der Waals surface area contributed by atoms with Crippen molar-refractivity contribution in [2.45, 2.75) is 60.2 Å². The highest BCUT2D eigenvalue weighted by Crippen LogP contribution is 2.41. The molecule has 0 aliphatic heterocycles. The number of ether oxygens (including phenoxy) is 4. The van der Waals surface area contributed by atoms with E-state index >= 15 is 0 Å². The Morgan fingerprint density at radius 2 is 1.50 bits per heavy atom. The molecule has 0 aliphatic carbocycles. The standard InChI is InChI=1S/C27H37FO4/c1-8-29-18-20-16-23(28)17-21(19-30-9-2)25(20)32-15-14-31-24-12-10-22(11-13-24)27(6,7)26(3,4)5/h8,10-13,16-17H,1,9,14-15,18-19H2,2-7H3. The molecule has 0 aliphatic rings. The van der Waals surface area contributed by atoms with Crippen molar-refractivity contribution in [3.8, 4) is 11.5 Å². The minimum absolute atomic E-state index is 0.0398. The zero-order chi connectivity index (χ0) is 23.8. The lowest BCUT2D eigenvalue weighted by atomic mass is 9.65. The van der Waals surface area contributed by atoms with Crippen LogP contribution < -0.4 is 9.47 Å². The Balaban J connectivity index is 2.03. The van der Waals surface area contributed by atoms with E-state index < -0.39 is 0 Å². The first-order chi connectivity index (χ1) is 15.1. The van der Waals surface area contributed by atoms with Crippen LogP contribution in [-0.2, 0) is 28.1 Å². The third-order valence-corrected chi connectivity index (χ3v) is 6.08. The molecule has 32 heavy (non-hydrogen) atoms. The van der Waals surface area contributed by atoms with Crippen LogP contribution in [0.4, 0.5) is 4.39 Å². The zero-order valence-electron chi connectivity index (χ0n) is 20.3. The number of benzene rings is 2. The second-order valence-electron chi connectivity index (χ2n) is 9.26. The normalized spacial score (nSPS) is 11.8. The molecule has 0 bridgehead atoms. The highest BCUT2D eigenvalue weighted by molar-refractivity contribution is 5.42. The summed E-state index contributed by atoms with van der Waals surface area (Å²) in [4.78, 5) is 0. The second-order valence-corrected chi connectivity index (χ2v) is 9.26. The fourth-order valence-electron chi connectivity index (χ4n) is 3.18. The molecule has 0 saturated carbocycles. The van der Waals surface area contributed by atoms with Gasteiger partial charge in [0.2, 0.25) is 0 Å². The lowest BCUT2D eigenvalue weighted by Gasteiger charge is -2.39. The summed E-state index contributed by atoms with van der Waals surface area (Å²) >= 11 is 0. The molecule has 0 saturated heterocycles. The van der Waals surface area contributed by atoms with Crippen LogP contribution in [0, 0.1) is 11.2 Å². The summed E-state index contributed by atoms with van der Waals surface area (Å²) in [6.45, 7) is 18.3. The van der Waals surface area contributed by atoms with Crippen molar-refractivity contribution in [1.82, 2.24) is 0 Å². The van der Waals surface area contributed by atoms with E-state index in [1.165, 1.54) is 24.0 Å². The average molecular weight is 445 g/mol. The molecule has 2 rings (SSSR count). The Morgan fingerprint density at radius 1 is 0.906 bits per heavy atom. The molecule has 5 heteroatoms. The van der Waals surface area contributed by atoms with Crippen LogP contribution in [0.5, 0.6) is 11.5 Å². The van der Waals surface area contributed by atoms with Gasteiger partial charge in [0, 0.05) is 17.7 Å². The second kappa shape index (κ2) is 11.4. The Morgan fingerprint density at radius 3 is 2.06 bits per heavy atom. The summed E-state index contributed by atoms with van der Waals surface area (Å²) in [6.07, 6.45) is 1.32. The van der Waals surface area contributed by atoms with E-state index in [0.29, 0.717) is 36.7 Å². The van der Waals surface area contributed by atoms with Crippen molar-refractivity contribution in [1.29, 1.82) is 0 Å². The van der Waals surface area contributed by atoms with Crippen LogP contribution >= 0.6 is 0 Å². The molecule has 0 amide bonds. The molecule has 4 nitrogen and oxygen atoms in total. The summed E-state index contributed by atoms with van der Waals surface area (Å²) in [5.41, 5.74) is 2.70. The van der Waals surface area contributed by atoms with Gasteiger partial charge in [-0.2, -0.15) is 0 Å². The van der Waals surface area contributed by atoms with Crippen molar-refractivity contribution in [3.63, 3.8) is 0 Å². The molecule has 176 valence electrons. The van der Waals surface area contributed by atoms with Gasteiger partial charge < -0.3 is 18.9 Å². The molecule has 0 fully saturated rings. The Hall–Kier alpha value is -2.53. The first-order valence-corrected chi connectivity index (χ1v) is 11.1. The van der Waals surface area contributed by atoms with Gasteiger partial charge in [0.25, 0.3) is 0 Å². The fraction of sp³-hybridized carbons (Fsp3) is 0.481. The van der Waals surface area contributed by atoms with E-state index in [2.05, 4.69) is 53.3 Å². The number of hydrogen-bond acceptors (Lipinski definition) is 4. The van der Waals surface area contributed by atoms with Gasteiger partial charge in [-0.1, -0.05) is 53.3 Å². The maximum atomic E-state index is 14.0. The monoisotopic (exact) mass is 444 g/mol. The molecule has 0 aromatic heterocycles. The van der Waals surface area contributed by atoms with Crippen LogP contribution in [0.2, 0.25) is 0 Å². The van der Waals surface area contributed by atoms with Gasteiger partial charge >= 0.3 is 0 Å². The van der Waals surface area contributed by atoms with Crippen LogP contribution in [0.1, 0.15) is 58.2 Å². The maximum absolute atomic E-state index is 14.0. The summed E-state index contributed by atoms with van der Waals surface area (Å²) in [5.74, 6) is 0.989. The molecule has 0 radical (unpaired) electrons. The predicted octanol–water partition coefficient (Wildman–Crippen LogP) is 6.80. The summed E-state index contributed by atoms with van der Waals surface area (Å²) in [6, 6.07) is 11.1. The number of rotatable bonds is 12. The maximum Gasteiger partial charge on any atom is 0.131 e. The predicted molar refractivity (Wildman–Crippen MR) is 127 cm³/mol. The molecular weight excluding hydrogens is 407 g/mol. The molecule has 0 atom stereocenters. The topological polar surface area (TPSA) is 36.9 Å². The lowest BCUT2D eigenvalue weighted by Crippen LogP contribution is -2.33. The van der Waals surface area contributed by atoms with E-state index in [0.717, 1.165) is 5.75 Å². The lowest BCUT2D eigenvalue weighted by molar-refractivity contribution is 0.128. The van der Waals surface area contributed by atoms with Gasteiger partial charge in [-0.3, -0.25) is 0 Å². The smallest absolute Gasteiger partial charge is 0.131 e. The average Bonchev–Trinajstić information content (AvgIpc) is 2.74. The fourth-order valence-corrected chi connectivity index (χ4v) is 3.18. The van der Waals surface area contributed by atoms with E-state index in [1.54, 1.807) is 0 Å². The van der Waals surface area contributed by atoms with E-state index in [4.69, 9.17) is 18.9 Å². The molecule has 2 aromatic rings. The van der Waals surface area contributed by atoms with Crippen molar-refractivity contribution in [2.75, 3.05) is 19.8 Å². The minimum atomic E-state index is -0.357. The van der Waals surface area contributed by atoms with Crippen molar-refractivity contribution in [3.05, 3.63) is 71.7 Å². The Kier molecular flexibility index (Phi) is 9.14. The van der Waals surface area contributed by atoms with Crippen molar-refractivity contribution < 1.29 is 23.3 Å². The molecule has 2 aromatic carbocycles. The zero-order valence-corrected chi connectivity index (χ0v) is 20.3. The third kappa shape index (κ3) is 6.73. The SMILES string of the molecule is C=COCc1cc(F)cc(COCC)c1OCCOc1ccc(C(C)(C)C(C)(C)C)cc1. The highest BCUT2D eigenvalue weighted by atomic mass is 19.1. The number of halogens is 1. The quantitative estimate of drug-likeness (QED) is 0.266. The van der Waals surface area contributed by atoms with Crippen LogP contribution in [0.3, 0.4) is 0 Å². The van der Waals surface area contributed by atoms with Gasteiger partial charge in [0.1, 0.15) is 37.1 Å². The van der Waals surface area contributed by atoms with Crippen LogP contribution in [0.25, 0.3) is 0 Å².